The van der Waals surface area contributed by atoms with Crippen molar-refractivity contribution in [1.29, 1.82) is 0 Å². The highest BCUT2D eigenvalue weighted by Gasteiger charge is 2.19. The predicted octanol–water partition coefficient (Wildman–Crippen LogP) is 3.84. The summed E-state index contributed by atoms with van der Waals surface area (Å²) in [5.41, 5.74) is 8.52. The smallest absolute Gasteiger partial charge is 0.270 e. The van der Waals surface area contributed by atoms with Crippen molar-refractivity contribution in [3.8, 4) is 5.75 Å². The van der Waals surface area contributed by atoms with Crippen LogP contribution in [-0.4, -0.2) is 42.9 Å². The molecule has 3 aromatic rings. The Bertz CT molecular complexity index is 1090. The summed E-state index contributed by atoms with van der Waals surface area (Å²) in [6.07, 6.45) is 7.27. The van der Waals surface area contributed by atoms with E-state index in [0.29, 0.717) is 18.7 Å². The Hall–Kier alpha value is -3.32. The number of aromatic amines is 1. The maximum Gasteiger partial charge on any atom is 0.270 e. The van der Waals surface area contributed by atoms with E-state index >= 15 is 0 Å². The minimum Gasteiger partial charge on any atom is -0.494 e. The second-order valence-electron chi connectivity index (χ2n) is 9.06. The quantitative estimate of drug-likeness (QED) is 0.256. The zero-order chi connectivity index (χ0) is 23.8. The number of unbranched alkanes of at least 4 members (excludes halogenated alkanes) is 1. The number of piperidine rings is 1. The lowest BCUT2D eigenvalue weighted by Crippen LogP contribution is -2.38. The van der Waals surface area contributed by atoms with Gasteiger partial charge in [-0.3, -0.25) is 4.79 Å². The topological polar surface area (TPSA) is 109 Å². The molecule has 1 aromatic heterocycles. The number of hydrogen-bond acceptors (Lipinski definition) is 5. The first-order valence-electron chi connectivity index (χ1n) is 12.2. The molecular weight excluding hydrogens is 428 g/mol. The average molecular weight is 463 g/mol. The van der Waals surface area contributed by atoms with Crippen LogP contribution in [-0.2, 0) is 11.2 Å². The van der Waals surface area contributed by atoms with Crippen molar-refractivity contribution in [2.75, 3.05) is 25.4 Å². The summed E-state index contributed by atoms with van der Waals surface area (Å²) >= 11 is 0. The number of aromatic nitrogens is 1. The van der Waals surface area contributed by atoms with Crippen molar-refractivity contribution in [3.63, 3.8) is 0 Å². The van der Waals surface area contributed by atoms with Gasteiger partial charge in [0.15, 0.2) is 0 Å². The van der Waals surface area contributed by atoms with Gasteiger partial charge in [-0.15, -0.1) is 0 Å². The number of nitrogens with two attached hydrogens (primary N) is 1. The molecule has 1 aliphatic rings. The second kappa shape index (κ2) is 11.7. The average Bonchev–Trinajstić information content (AvgIpc) is 3.21. The van der Waals surface area contributed by atoms with E-state index < -0.39 is 11.9 Å². The Kier molecular flexibility index (Phi) is 8.20. The van der Waals surface area contributed by atoms with Gasteiger partial charge < -0.3 is 30.9 Å². The molecule has 0 bridgehead atoms. The van der Waals surface area contributed by atoms with E-state index in [2.05, 4.69) is 15.6 Å². The van der Waals surface area contributed by atoms with Gasteiger partial charge in [-0.1, -0.05) is 36.8 Å². The van der Waals surface area contributed by atoms with Crippen molar-refractivity contribution < 1.29 is 14.3 Å². The van der Waals surface area contributed by atoms with E-state index in [-0.39, 0.29) is 5.69 Å². The lowest BCUT2D eigenvalue weighted by molar-refractivity contribution is -0.109. The number of benzene rings is 2. The van der Waals surface area contributed by atoms with Gasteiger partial charge >= 0.3 is 0 Å². The van der Waals surface area contributed by atoms with Gasteiger partial charge in [-0.25, -0.2) is 0 Å². The number of rotatable bonds is 11. The minimum atomic E-state index is -0.653. The summed E-state index contributed by atoms with van der Waals surface area (Å²) in [4.78, 5) is 27.4. The fourth-order valence-corrected chi connectivity index (χ4v) is 4.59. The molecule has 180 valence electrons. The number of H-pyrrole nitrogens is 1. The van der Waals surface area contributed by atoms with Crippen LogP contribution in [0, 0.1) is 5.92 Å². The third kappa shape index (κ3) is 6.17. The number of aldehydes is 1. The molecule has 7 nitrogen and oxygen atoms in total. The zero-order valence-electron chi connectivity index (χ0n) is 19.5. The van der Waals surface area contributed by atoms with Crippen molar-refractivity contribution in [2.24, 2.45) is 5.92 Å². The molecule has 34 heavy (non-hydrogen) atoms. The summed E-state index contributed by atoms with van der Waals surface area (Å²) in [5.74, 6) is 1.29. The number of ether oxygens (including phenoxy) is 1. The molecule has 5 N–H and O–H groups in total. The van der Waals surface area contributed by atoms with Crippen LogP contribution in [0.5, 0.6) is 5.75 Å². The highest BCUT2D eigenvalue weighted by atomic mass is 16.5. The third-order valence-corrected chi connectivity index (χ3v) is 6.57. The Morgan fingerprint density at radius 1 is 1.12 bits per heavy atom. The molecule has 1 aliphatic heterocycles. The molecule has 2 heterocycles. The van der Waals surface area contributed by atoms with E-state index in [4.69, 9.17) is 10.5 Å². The second-order valence-corrected chi connectivity index (χ2v) is 9.06. The first-order valence-corrected chi connectivity index (χ1v) is 12.2. The molecule has 0 saturated carbocycles. The number of nitrogens with one attached hydrogen (secondary N) is 3. The molecule has 0 spiro atoms. The molecule has 0 radical (unpaired) electrons. The van der Waals surface area contributed by atoms with Crippen molar-refractivity contribution in [3.05, 3.63) is 59.8 Å². The largest absolute Gasteiger partial charge is 0.494 e. The van der Waals surface area contributed by atoms with Gasteiger partial charge in [-0.05, 0) is 74.9 Å². The maximum atomic E-state index is 12.7. The molecule has 1 fully saturated rings. The van der Waals surface area contributed by atoms with Crippen molar-refractivity contribution in [1.82, 2.24) is 15.6 Å². The molecular formula is C27H34N4O3. The molecule has 2 aromatic carbocycles. The van der Waals surface area contributed by atoms with E-state index in [1.165, 1.54) is 25.7 Å². The van der Waals surface area contributed by atoms with Crippen LogP contribution in [0.2, 0.25) is 0 Å². The summed E-state index contributed by atoms with van der Waals surface area (Å²) < 4.78 is 5.88. The Labute approximate surface area is 200 Å². The predicted molar refractivity (Wildman–Crippen MR) is 135 cm³/mol. The number of para-hydroxylation sites is 1. The van der Waals surface area contributed by atoms with Gasteiger partial charge in [-0.2, -0.15) is 0 Å². The van der Waals surface area contributed by atoms with Gasteiger partial charge in [0.2, 0.25) is 0 Å². The third-order valence-electron chi connectivity index (χ3n) is 6.57. The first-order chi connectivity index (χ1) is 16.6. The molecule has 4 rings (SSSR count). The maximum absolute atomic E-state index is 12.7. The fourth-order valence-electron chi connectivity index (χ4n) is 4.59. The monoisotopic (exact) mass is 462 g/mol. The number of amides is 1. The van der Waals surface area contributed by atoms with Crippen molar-refractivity contribution >= 4 is 28.8 Å². The SMILES string of the molecule is Nc1c(C(=O)NC(C=O)Cc2ccc(OCCCCC3CCNCC3)cc2)[nH]c2ccccc12. The Morgan fingerprint density at radius 2 is 1.88 bits per heavy atom. The molecule has 1 atom stereocenters. The minimum absolute atomic E-state index is 0.275. The van der Waals surface area contributed by atoms with Crippen LogP contribution in [0.25, 0.3) is 10.9 Å². The molecule has 1 saturated heterocycles. The van der Waals surface area contributed by atoms with Crippen molar-refractivity contribution in [2.45, 2.75) is 44.6 Å². The van der Waals surface area contributed by atoms with Crippen LogP contribution in [0.15, 0.2) is 48.5 Å². The summed E-state index contributed by atoms with van der Waals surface area (Å²) in [6.45, 7) is 3.02. The molecule has 1 amide bonds. The highest BCUT2D eigenvalue weighted by Crippen LogP contribution is 2.24. The van der Waals surface area contributed by atoms with E-state index in [0.717, 1.165) is 53.9 Å². The number of nitrogen functional groups attached to an aromatic ring is 1. The summed E-state index contributed by atoms with van der Waals surface area (Å²) in [6, 6.07) is 14.5. The van der Waals surface area contributed by atoms with Crippen LogP contribution >= 0.6 is 0 Å². The first kappa shape index (κ1) is 23.8. The normalized spacial score (nSPS) is 15.2. The van der Waals surface area contributed by atoms with E-state index in [1.807, 2.05) is 48.5 Å². The highest BCUT2D eigenvalue weighted by molar-refractivity contribution is 6.07. The number of carbonyl (C=O) groups excluding carboxylic acids is 2. The van der Waals surface area contributed by atoms with Gasteiger partial charge in [0.1, 0.15) is 17.7 Å². The molecule has 1 unspecified atom stereocenters. The van der Waals surface area contributed by atoms with Crippen LogP contribution in [0.3, 0.4) is 0 Å². The molecule has 7 heteroatoms. The van der Waals surface area contributed by atoms with Gasteiger partial charge in [0.05, 0.1) is 18.3 Å². The number of carbonyl (C=O) groups is 2. The number of anilines is 1. The number of fused-ring (bicyclic) bond motifs is 1. The van der Waals surface area contributed by atoms with Crippen LogP contribution in [0.4, 0.5) is 5.69 Å². The lowest BCUT2D eigenvalue weighted by Gasteiger charge is -2.22. The van der Waals surface area contributed by atoms with E-state index in [1.54, 1.807) is 0 Å². The molecule has 0 aliphatic carbocycles. The Balaban J connectivity index is 1.23. The van der Waals surface area contributed by atoms with Crippen LogP contribution in [0.1, 0.15) is 48.2 Å². The lowest BCUT2D eigenvalue weighted by atomic mass is 9.93. The number of hydrogen-bond donors (Lipinski definition) is 4. The van der Waals surface area contributed by atoms with Crippen LogP contribution < -0.4 is 21.1 Å². The Morgan fingerprint density at radius 3 is 2.62 bits per heavy atom. The van der Waals surface area contributed by atoms with Gasteiger partial charge in [0, 0.05) is 10.9 Å². The standard InChI is InChI=1S/C27H34N4O3/c28-25-23-6-1-2-7-24(23)31-26(25)27(33)30-21(18-32)17-20-8-10-22(11-9-20)34-16-4-3-5-19-12-14-29-15-13-19/h1-2,6-11,18-19,21,29,31H,3-5,12-17,28H2,(H,30,33). The van der Waals surface area contributed by atoms with E-state index in [9.17, 15) is 9.59 Å². The fraction of sp³-hybridized carbons (Fsp3) is 0.407. The summed E-state index contributed by atoms with van der Waals surface area (Å²) in [5, 5.41) is 6.97. The zero-order valence-corrected chi connectivity index (χ0v) is 19.5. The summed E-state index contributed by atoms with van der Waals surface area (Å²) in [7, 11) is 0. The van der Waals surface area contributed by atoms with Gasteiger partial charge in [0.25, 0.3) is 5.91 Å².